The van der Waals surface area contributed by atoms with Gasteiger partial charge in [0.2, 0.25) is 0 Å². The summed E-state index contributed by atoms with van der Waals surface area (Å²) in [4.78, 5) is 33.9. The number of esters is 1. The van der Waals surface area contributed by atoms with Crippen LogP contribution in [-0.2, 0) is 4.74 Å². The molecule has 0 spiro atoms. The minimum atomic E-state index is -0.668. The van der Waals surface area contributed by atoms with Crippen molar-refractivity contribution in [2.75, 3.05) is 13.7 Å². The molecule has 2 aromatic carbocycles. The normalized spacial score (nSPS) is 10.1. The van der Waals surface area contributed by atoms with E-state index in [1.807, 2.05) is 0 Å². The molecule has 2 rings (SSSR count). The van der Waals surface area contributed by atoms with Crippen LogP contribution in [0.15, 0.2) is 42.5 Å². The fraction of sp³-hybridized carbons (Fsp3) is 0.125. The average Bonchev–Trinajstić information content (AvgIpc) is 2.59. The number of benzene rings is 2. The van der Waals surface area contributed by atoms with Crippen molar-refractivity contribution in [2.45, 2.75) is 0 Å². The number of hydrogen-bond acceptors (Lipinski definition) is 6. The highest BCUT2D eigenvalue weighted by Crippen LogP contribution is 2.28. The minimum Gasteiger partial charge on any atom is -0.478 e. The van der Waals surface area contributed by atoms with Gasteiger partial charge in [0.15, 0.2) is 18.1 Å². The Morgan fingerprint density at radius 3 is 2.33 bits per heavy atom. The van der Waals surface area contributed by atoms with Gasteiger partial charge in [-0.05, 0) is 30.3 Å². The fourth-order valence-corrected chi connectivity index (χ4v) is 2.01. The molecule has 0 amide bonds. The van der Waals surface area contributed by atoms with E-state index in [0.29, 0.717) is 10.6 Å². The van der Waals surface area contributed by atoms with Crippen LogP contribution in [0.25, 0.3) is 0 Å². The number of carbonyl (C=O) groups excluding carboxylic acids is 2. The van der Waals surface area contributed by atoms with Gasteiger partial charge in [-0.2, -0.15) is 0 Å². The molecule has 24 heavy (non-hydrogen) atoms. The Kier molecular flexibility index (Phi) is 5.49. The first-order chi connectivity index (χ1) is 11.4. The average molecular weight is 350 g/mol. The molecule has 0 aliphatic rings. The highest BCUT2D eigenvalue weighted by Gasteiger charge is 2.19. The first-order valence-corrected chi connectivity index (χ1v) is 7.08. The molecule has 0 aliphatic heterocycles. The first kappa shape index (κ1) is 17.4. The van der Waals surface area contributed by atoms with Crippen LogP contribution in [-0.4, -0.2) is 30.4 Å². The van der Waals surface area contributed by atoms with Crippen molar-refractivity contribution in [3.63, 3.8) is 0 Å². The molecule has 0 N–H and O–H groups in total. The molecule has 124 valence electrons. The SMILES string of the molecule is COC(=O)c1ccc([N+](=O)[O-])c(OCC(=O)c2ccc(Cl)cc2)c1. The van der Waals surface area contributed by atoms with Crippen LogP contribution in [0.5, 0.6) is 5.75 Å². The van der Waals surface area contributed by atoms with E-state index in [1.165, 1.54) is 31.4 Å². The lowest BCUT2D eigenvalue weighted by Gasteiger charge is -2.08. The largest absolute Gasteiger partial charge is 0.478 e. The van der Waals surface area contributed by atoms with Gasteiger partial charge in [-0.1, -0.05) is 11.6 Å². The van der Waals surface area contributed by atoms with Gasteiger partial charge >= 0.3 is 11.7 Å². The van der Waals surface area contributed by atoms with Gasteiger partial charge in [-0.25, -0.2) is 4.79 Å². The predicted octanol–water partition coefficient (Wildman–Crippen LogP) is 3.30. The summed E-state index contributed by atoms with van der Waals surface area (Å²) in [5.74, 6) is -1.24. The highest BCUT2D eigenvalue weighted by atomic mass is 35.5. The molecule has 7 nitrogen and oxygen atoms in total. The van der Waals surface area contributed by atoms with E-state index in [0.717, 1.165) is 6.07 Å². The molecule has 0 aromatic heterocycles. The van der Waals surface area contributed by atoms with Crippen molar-refractivity contribution in [2.24, 2.45) is 0 Å². The summed E-state index contributed by atoms with van der Waals surface area (Å²) < 4.78 is 9.80. The number of nitro benzene ring substituents is 1. The molecule has 0 radical (unpaired) electrons. The van der Waals surface area contributed by atoms with E-state index in [-0.39, 0.29) is 22.8 Å². The molecule has 8 heteroatoms. The molecule has 0 aliphatic carbocycles. The van der Waals surface area contributed by atoms with E-state index in [1.54, 1.807) is 12.1 Å². The van der Waals surface area contributed by atoms with E-state index >= 15 is 0 Å². The van der Waals surface area contributed by atoms with Crippen LogP contribution in [0.2, 0.25) is 5.02 Å². The quantitative estimate of drug-likeness (QED) is 0.343. The smallest absolute Gasteiger partial charge is 0.337 e. The van der Waals surface area contributed by atoms with Crippen molar-refractivity contribution in [1.29, 1.82) is 0 Å². The van der Waals surface area contributed by atoms with Gasteiger partial charge in [-0.15, -0.1) is 0 Å². The number of methoxy groups -OCH3 is 1. The Morgan fingerprint density at radius 1 is 1.12 bits per heavy atom. The van der Waals surface area contributed by atoms with Gasteiger partial charge in [0.1, 0.15) is 0 Å². The molecule has 0 bridgehead atoms. The van der Waals surface area contributed by atoms with E-state index < -0.39 is 17.5 Å². The Labute approximate surface area is 141 Å². The van der Waals surface area contributed by atoms with Crippen LogP contribution >= 0.6 is 11.6 Å². The lowest BCUT2D eigenvalue weighted by molar-refractivity contribution is -0.385. The van der Waals surface area contributed by atoms with E-state index in [2.05, 4.69) is 4.74 Å². The van der Waals surface area contributed by atoms with Gasteiger partial charge in [0.05, 0.1) is 17.6 Å². The molecule has 0 atom stereocenters. The summed E-state index contributed by atoms with van der Waals surface area (Å²) in [7, 11) is 1.19. The Morgan fingerprint density at radius 2 is 1.75 bits per heavy atom. The topological polar surface area (TPSA) is 95.7 Å². The van der Waals surface area contributed by atoms with Crippen LogP contribution in [0.1, 0.15) is 20.7 Å². The van der Waals surface area contributed by atoms with Crippen molar-refractivity contribution in [3.05, 3.63) is 68.7 Å². The Hall–Kier alpha value is -2.93. The first-order valence-electron chi connectivity index (χ1n) is 6.70. The van der Waals surface area contributed by atoms with Crippen molar-refractivity contribution in [1.82, 2.24) is 0 Å². The number of ketones is 1. The maximum Gasteiger partial charge on any atom is 0.337 e. The predicted molar refractivity (Wildman–Crippen MR) is 85.7 cm³/mol. The number of ether oxygens (including phenoxy) is 2. The maximum absolute atomic E-state index is 12.1. The van der Waals surface area contributed by atoms with Crippen molar-refractivity contribution >= 4 is 29.0 Å². The number of halogens is 1. The van der Waals surface area contributed by atoms with Gasteiger partial charge in [0, 0.05) is 22.7 Å². The zero-order valence-corrected chi connectivity index (χ0v) is 13.3. The second kappa shape index (κ2) is 7.56. The minimum absolute atomic E-state index is 0.0806. The third kappa shape index (κ3) is 4.08. The number of carbonyl (C=O) groups is 2. The van der Waals surface area contributed by atoms with Crippen molar-refractivity contribution < 1.29 is 24.0 Å². The Bertz CT molecular complexity index is 788. The molecule has 0 saturated carbocycles. The molecule has 0 saturated heterocycles. The Balaban J connectivity index is 2.20. The summed E-state index contributed by atoms with van der Waals surface area (Å²) in [6, 6.07) is 9.68. The zero-order valence-electron chi connectivity index (χ0n) is 12.5. The molecular formula is C16H12ClNO6. The lowest BCUT2D eigenvalue weighted by atomic mass is 10.1. The number of nitro groups is 1. The molecular weight excluding hydrogens is 338 g/mol. The summed E-state index contributed by atoms with van der Waals surface area (Å²) in [6.45, 7) is -0.424. The fourth-order valence-electron chi connectivity index (χ4n) is 1.89. The molecule has 0 unspecified atom stereocenters. The van der Waals surface area contributed by atoms with Gasteiger partial charge in [0.25, 0.3) is 0 Å². The summed E-state index contributed by atoms with van der Waals surface area (Å²) >= 11 is 5.74. The molecule has 0 fully saturated rings. The van der Waals surface area contributed by atoms with E-state index in [9.17, 15) is 19.7 Å². The molecule has 0 heterocycles. The van der Waals surface area contributed by atoms with E-state index in [4.69, 9.17) is 16.3 Å². The summed E-state index contributed by atoms with van der Waals surface area (Å²) in [6.07, 6.45) is 0. The zero-order chi connectivity index (χ0) is 17.7. The van der Waals surface area contributed by atoms with Crippen LogP contribution in [0, 0.1) is 10.1 Å². The monoisotopic (exact) mass is 349 g/mol. The van der Waals surface area contributed by atoms with Crippen molar-refractivity contribution in [3.8, 4) is 5.75 Å². The van der Waals surface area contributed by atoms with Crippen LogP contribution < -0.4 is 4.74 Å². The number of rotatable bonds is 6. The second-order valence-corrected chi connectivity index (χ2v) is 5.09. The van der Waals surface area contributed by atoms with Crippen LogP contribution in [0.4, 0.5) is 5.69 Å². The summed E-state index contributed by atoms with van der Waals surface area (Å²) in [5, 5.41) is 11.5. The standard InChI is InChI=1S/C16H12ClNO6/c1-23-16(20)11-4-7-13(18(21)22)15(8-11)24-9-14(19)10-2-5-12(17)6-3-10/h2-8H,9H2,1H3. The number of Topliss-reactive ketones (excluding diaryl/α,β-unsaturated/α-hetero) is 1. The second-order valence-electron chi connectivity index (χ2n) is 4.65. The summed E-state index contributed by atoms with van der Waals surface area (Å²) in [5.41, 5.74) is 0.0785. The third-order valence-corrected chi connectivity index (χ3v) is 3.35. The highest BCUT2D eigenvalue weighted by molar-refractivity contribution is 6.30. The van der Waals surface area contributed by atoms with Crippen LogP contribution in [0.3, 0.4) is 0 Å². The maximum atomic E-state index is 12.1. The third-order valence-electron chi connectivity index (χ3n) is 3.10. The number of hydrogen-bond donors (Lipinski definition) is 0. The lowest BCUT2D eigenvalue weighted by Crippen LogP contribution is -2.13. The molecule has 2 aromatic rings. The van der Waals surface area contributed by atoms with Gasteiger partial charge < -0.3 is 9.47 Å². The number of nitrogens with zero attached hydrogens (tertiary/aromatic N) is 1. The van der Waals surface area contributed by atoms with Gasteiger partial charge in [-0.3, -0.25) is 14.9 Å².